The molecule has 2 aliphatic heterocycles. The standard InChI is InChI=1S/C28H31N3O3S/c1-29-18-16-23(17-19-29)30(2)28(32)26-20-31(27-11-7-6-10-25(26)27)35(33,34)24-14-12-22(13-15-24)21-8-4-3-5-9-21/h3-15,23,26H,16-20H2,1-2H3. The summed E-state index contributed by atoms with van der Waals surface area (Å²) >= 11 is 0. The number of hydrogen-bond acceptors (Lipinski definition) is 4. The molecule has 35 heavy (non-hydrogen) atoms. The molecule has 6 nitrogen and oxygen atoms in total. The Hall–Kier alpha value is -3.16. The van der Waals surface area contributed by atoms with Crippen LogP contribution in [-0.2, 0) is 14.8 Å². The van der Waals surface area contributed by atoms with Crippen LogP contribution >= 0.6 is 0 Å². The fourth-order valence-corrected chi connectivity index (χ4v) is 6.70. The number of sulfonamides is 1. The highest BCUT2D eigenvalue weighted by molar-refractivity contribution is 7.92. The smallest absolute Gasteiger partial charge is 0.264 e. The minimum absolute atomic E-state index is 0.0101. The zero-order valence-corrected chi connectivity index (χ0v) is 21.0. The summed E-state index contributed by atoms with van der Waals surface area (Å²) in [5.74, 6) is -0.515. The number of hydrogen-bond donors (Lipinski definition) is 0. The first-order valence-corrected chi connectivity index (χ1v) is 13.5. The number of amides is 1. The molecular formula is C28H31N3O3S. The molecule has 0 radical (unpaired) electrons. The third-order valence-electron chi connectivity index (χ3n) is 7.36. The van der Waals surface area contributed by atoms with Crippen molar-refractivity contribution < 1.29 is 13.2 Å². The molecule has 1 fully saturated rings. The Balaban J connectivity index is 1.41. The number of nitrogens with zero attached hydrogens (tertiary/aromatic N) is 3. The lowest BCUT2D eigenvalue weighted by atomic mass is 9.97. The highest BCUT2D eigenvalue weighted by Crippen LogP contribution is 2.41. The Morgan fingerprint density at radius 3 is 2.14 bits per heavy atom. The summed E-state index contributed by atoms with van der Waals surface area (Å²) in [5.41, 5.74) is 3.36. The van der Waals surface area contributed by atoms with Gasteiger partial charge in [-0.2, -0.15) is 0 Å². The molecule has 0 aliphatic carbocycles. The maximum absolute atomic E-state index is 13.7. The van der Waals surface area contributed by atoms with Crippen LogP contribution in [-0.4, -0.2) is 63.9 Å². The number of piperidine rings is 1. The number of rotatable bonds is 5. The number of likely N-dealkylation sites (tertiary alicyclic amines) is 1. The van der Waals surface area contributed by atoms with E-state index in [1.54, 1.807) is 18.2 Å². The van der Waals surface area contributed by atoms with Gasteiger partial charge in [0.25, 0.3) is 10.0 Å². The van der Waals surface area contributed by atoms with E-state index in [1.807, 2.05) is 72.6 Å². The molecule has 2 heterocycles. The summed E-state index contributed by atoms with van der Waals surface area (Å²) in [7, 11) is 0.140. The second-order valence-electron chi connectivity index (χ2n) is 9.52. The van der Waals surface area contributed by atoms with Crippen LogP contribution in [0.5, 0.6) is 0 Å². The lowest BCUT2D eigenvalue weighted by Gasteiger charge is -2.36. The molecule has 182 valence electrons. The van der Waals surface area contributed by atoms with E-state index in [9.17, 15) is 13.2 Å². The Kier molecular flexibility index (Phi) is 6.38. The van der Waals surface area contributed by atoms with Crippen molar-refractivity contribution in [1.82, 2.24) is 9.80 Å². The molecule has 5 rings (SSSR count). The van der Waals surface area contributed by atoms with E-state index in [0.29, 0.717) is 5.69 Å². The SMILES string of the molecule is CN1CCC(N(C)C(=O)C2CN(S(=O)(=O)c3ccc(-c4ccccc4)cc3)c3ccccc32)CC1. The van der Waals surface area contributed by atoms with Gasteiger partial charge in [0.1, 0.15) is 0 Å². The van der Waals surface area contributed by atoms with Gasteiger partial charge in [0.15, 0.2) is 0 Å². The largest absolute Gasteiger partial charge is 0.342 e. The Morgan fingerprint density at radius 1 is 0.857 bits per heavy atom. The summed E-state index contributed by atoms with van der Waals surface area (Å²) in [6.07, 6.45) is 1.87. The van der Waals surface area contributed by atoms with E-state index in [4.69, 9.17) is 0 Å². The molecule has 7 heteroatoms. The molecule has 1 atom stereocenters. The monoisotopic (exact) mass is 489 g/mol. The normalized spacial score (nSPS) is 18.9. The van der Waals surface area contributed by atoms with Crippen LogP contribution < -0.4 is 4.31 Å². The molecule has 0 bridgehead atoms. The van der Waals surface area contributed by atoms with Crippen LogP contribution in [0.2, 0.25) is 0 Å². The highest BCUT2D eigenvalue weighted by Gasteiger charge is 2.41. The van der Waals surface area contributed by atoms with Crippen molar-refractivity contribution in [2.45, 2.75) is 29.7 Å². The molecule has 1 saturated heterocycles. The van der Waals surface area contributed by atoms with E-state index < -0.39 is 15.9 Å². The molecule has 2 aliphatic rings. The molecular weight excluding hydrogens is 458 g/mol. The molecule has 1 amide bonds. The molecule has 3 aromatic carbocycles. The van der Waals surface area contributed by atoms with Gasteiger partial charge in [-0.05, 0) is 67.9 Å². The number of carbonyl (C=O) groups is 1. The lowest BCUT2D eigenvalue weighted by molar-refractivity contribution is -0.134. The second kappa shape index (κ2) is 9.47. The van der Waals surface area contributed by atoms with Crippen LogP contribution in [0.15, 0.2) is 83.8 Å². The minimum atomic E-state index is -3.82. The van der Waals surface area contributed by atoms with Gasteiger partial charge < -0.3 is 9.80 Å². The maximum Gasteiger partial charge on any atom is 0.264 e. The fraction of sp³-hybridized carbons (Fsp3) is 0.321. The summed E-state index contributed by atoms with van der Waals surface area (Å²) in [6, 6.07) is 24.4. The van der Waals surface area contributed by atoms with Gasteiger partial charge in [-0.25, -0.2) is 8.42 Å². The second-order valence-corrected chi connectivity index (χ2v) is 11.4. The van der Waals surface area contributed by atoms with Crippen LogP contribution in [0.1, 0.15) is 24.3 Å². The predicted octanol–water partition coefficient (Wildman–Crippen LogP) is 4.20. The van der Waals surface area contributed by atoms with Crippen LogP contribution in [0.25, 0.3) is 11.1 Å². The van der Waals surface area contributed by atoms with E-state index in [0.717, 1.165) is 42.6 Å². The van der Waals surface area contributed by atoms with Crippen molar-refractivity contribution >= 4 is 21.6 Å². The predicted molar refractivity (Wildman–Crippen MR) is 139 cm³/mol. The number of anilines is 1. The average molecular weight is 490 g/mol. The fourth-order valence-electron chi connectivity index (χ4n) is 5.20. The summed E-state index contributed by atoms with van der Waals surface area (Å²) in [6.45, 7) is 2.05. The van der Waals surface area contributed by atoms with Crippen molar-refractivity contribution in [1.29, 1.82) is 0 Å². The van der Waals surface area contributed by atoms with Crippen molar-refractivity contribution in [3.05, 3.63) is 84.4 Å². The maximum atomic E-state index is 13.7. The molecule has 0 saturated carbocycles. The summed E-state index contributed by atoms with van der Waals surface area (Å²) in [4.78, 5) is 17.9. The molecule has 0 spiro atoms. The molecule has 1 unspecified atom stereocenters. The van der Waals surface area contributed by atoms with Crippen LogP contribution in [0.4, 0.5) is 5.69 Å². The van der Waals surface area contributed by atoms with Gasteiger partial charge in [-0.3, -0.25) is 9.10 Å². The van der Waals surface area contributed by atoms with E-state index in [1.165, 1.54) is 4.31 Å². The number of fused-ring (bicyclic) bond motifs is 1. The van der Waals surface area contributed by atoms with Crippen molar-refractivity contribution in [3.63, 3.8) is 0 Å². The number of likely N-dealkylation sites (N-methyl/N-ethyl adjacent to an activating group) is 1. The van der Waals surface area contributed by atoms with Gasteiger partial charge in [0.2, 0.25) is 5.91 Å². The topological polar surface area (TPSA) is 60.9 Å². The zero-order valence-electron chi connectivity index (χ0n) is 20.2. The highest BCUT2D eigenvalue weighted by atomic mass is 32.2. The summed E-state index contributed by atoms with van der Waals surface area (Å²) < 4.78 is 28.8. The van der Waals surface area contributed by atoms with Gasteiger partial charge >= 0.3 is 0 Å². The molecule has 0 N–H and O–H groups in total. The quantitative estimate of drug-likeness (QED) is 0.539. The molecule has 3 aromatic rings. The van der Waals surface area contributed by atoms with E-state index in [-0.39, 0.29) is 23.4 Å². The number of para-hydroxylation sites is 1. The third kappa shape index (κ3) is 4.46. The zero-order chi connectivity index (χ0) is 24.6. The van der Waals surface area contributed by atoms with Crippen LogP contribution in [0.3, 0.4) is 0 Å². The van der Waals surface area contributed by atoms with Crippen molar-refractivity contribution in [2.75, 3.05) is 38.0 Å². The average Bonchev–Trinajstić information content (AvgIpc) is 3.29. The Bertz CT molecular complexity index is 1300. The summed E-state index contributed by atoms with van der Waals surface area (Å²) in [5, 5.41) is 0. The first-order chi connectivity index (χ1) is 16.9. The third-order valence-corrected chi connectivity index (χ3v) is 9.15. The van der Waals surface area contributed by atoms with E-state index in [2.05, 4.69) is 11.9 Å². The Labute approximate surface area is 207 Å². The van der Waals surface area contributed by atoms with Crippen LogP contribution in [0, 0.1) is 0 Å². The van der Waals surface area contributed by atoms with Gasteiger partial charge in [0, 0.05) is 13.1 Å². The van der Waals surface area contributed by atoms with Gasteiger partial charge in [0.05, 0.1) is 23.0 Å². The Morgan fingerprint density at radius 2 is 1.46 bits per heavy atom. The first-order valence-electron chi connectivity index (χ1n) is 12.1. The first kappa shape index (κ1) is 23.6. The molecule has 0 aromatic heterocycles. The number of benzene rings is 3. The van der Waals surface area contributed by atoms with Crippen molar-refractivity contribution in [3.8, 4) is 11.1 Å². The van der Waals surface area contributed by atoms with Crippen molar-refractivity contribution in [2.24, 2.45) is 0 Å². The lowest BCUT2D eigenvalue weighted by Crippen LogP contribution is -2.46. The minimum Gasteiger partial charge on any atom is -0.342 e. The van der Waals surface area contributed by atoms with E-state index >= 15 is 0 Å². The van der Waals surface area contributed by atoms with Gasteiger partial charge in [-0.15, -0.1) is 0 Å². The van der Waals surface area contributed by atoms with Gasteiger partial charge in [-0.1, -0.05) is 60.7 Å². The number of carbonyl (C=O) groups excluding carboxylic acids is 1.